The number of anilines is 1. The fraction of sp³-hybridized carbons (Fsp3) is 0.133. The highest BCUT2D eigenvalue weighted by Crippen LogP contribution is 2.18. The Kier molecular flexibility index (Phi) is 4.71. The van der Waals surface area contributed by atoms with Crippen LogP contribution in [0.4, 0.5) is 10.1 Å². The smallest absolute Gasteiger partial charge is 0.228 e. The molecule has 3 N–H and O–H groups in total. The lowest BCUT2D eigenvalue weighted by Gasteiger charge is -2.09. The number of nitrogens with one attached hydrogen (secondary N) is 1. The number of benzene rings is 2. The minimum Gasteiger partial charge on any atom is -0.326 e. The highest BCUT2D eigenvalue weighted by Gasteiger charge is 2.08. The standard InChI is InChI=1S/C15H14ClFN2O/c16-12-6-13(17)8-14(7-12)19-15(20)5-10-3-1-2-4-11(10)9-18/h1-4,6-8H,5,9,18H2,(H,19,20). The number of halogens is 2. The van der Waals surface area contributed by atoms with Crippen molar-refractivity contribution in [2.75, 3.05) is 5.32 Å². The Balaban J connectivity index is 2.09. The summed E-state index contributed by atoms with van der Waals surface area (Å²) in [7, 11) is 0. The number of carbonyl (C=O) groups is 1. The average Bonchev–Trinajstić information content (AvgIpc) is 2.37. The molecule has 0 aromatic heterocycles. The molecule has 0 saturated heterocycles. The zero-order valence-electron chi connectivity index (χ0n) is 10.7. The van der Waals surface area contributed by atoms with Crippen molar-refractivity contribution in [3.05, 3.63) is 64.4 Å². The van der Waals surface area contributed by atoms with Gasteiger partial charge in [0.15, 0.2) is 0 Å². The Labute approximate surface area is 121 Å². The molecule has 0 bridgehead atoms. The van der Waals surface area contributed by atoms with E-state index in [1.807, 2.05) is 24.3 Å². The number of hydrogen-bond acceptors (Lipinski definition) is 2. The molecule has 0 radical (unpaired) electrons. The first-order valence-electron chi connectivity index (χ1n) is 6.11. The highest BCUT2D eigenvalue weighted by molar-refractivity contribution is 6.30. The predicted molar refractivity (Wildman–Crippen MR) is 78.1 cm³/mol. The van der Waals surface area contributed by atoms with Crippen LogP contribution in [0.25, 0.3) is 0 Å². The first kappa shape index (κ1) is 14.5. The number of nitrogens with two attached hydrogens (primary N) is 1. The van der Waals surface area contributed by atoms with Crippen LogP contribution in [0.3, 0.4) is 0 Å². The number of carbonyl (C=O) groups excluding carboxylic acids is 1. The van der Waals surface area contributed by atoms with E-state index in [9.17, 15) is 9.18 Å². The summed E-state index contributed by atoms with van der Waals surface area (Å²) in [6.45, 7) is 0.370. The largest absolute Gasteiger partial charge is 0.326 e. The van der Waals surface area contributed by atoms with Crippen LogP contribution in [0.2, 0.25) is 5.02 Å². The normalized spacial score (nSPS) is 10.3. The van der Waals surface area contributed by atoms with E-state index in [0.717, 1.165) is 11.1 Å². The molecule has 5 heteroatoms. The van der Waals surface area contributed by atoms with Gasteiger partial charge in [-0.1, -0.05) is 35.9 Å². The predicted octanol–water partition coefficient (Wildman–Crippen LogP) is 3.12. The molecular formula is C15H14ClFN2O. The van der Waals surface area contributed by atoms with Gasteiger partial charge in [-0.3, -0.25) is 4.79 Å². The van der Waals surface area contributed by atoms with Crippen molar-refractivity contribution in [3.63, 3.8) is 0 Å². The summed E-state index contributed by atoms with van der Waals surface area (Å²) >= 11 is 5.73. The van der Waals surface area contributed by atoms with Crippen LogP contribution in [0.15, 0.2) is 42.5 Å². The lowest BCUT2D eigenvalue weighted by molar-refractivity contribution is -0.115. The minimum absolute atomic E-state index is 0.182. The average molecular weight is 293 g/mol. The molecule has 0 atom stereocenters. The Hall–Kier alpha value is -1.91. The summed E-state index contributed by atoms with van der Waals surface area (Å²) < 4.78 is 13.2. The fourth-order valence-corrected chi connectivity index (χ4v) is 2.16. The molecule has 0 aliphatic rings. The minimum atomic E-state index is -0.491. The van der Waals surface area contributed by atoms with Gasteiger partial charge in [-0.15, -0.1) is 0 Å². The van der Waals surface area contributed by atoms with E-state index < -0.39 is 5.82 Å². The molecule has 0 fully saturated rings. The van der Waals surface area contributed by atoms with E-state index >= 15 is 0 Å². The van der Waals surface area contributed by atoms with Gasteiger partial charge < -0.3 is 11.1 Å². The number of rotatable bonds is 4. The third kappa shape index (κ3) is 3.79. The summed E-state index contributed by atoms with van der Waals surface area (Å²) in [5, 5.41) is 2.86. The molecule has 0 unspecified atom stereocenters. The van der Waals surface area contributed by atoms with E-state index in [1.54, 1.807) is 0 Å². The molecule has 104 valence electrons. The van der Waals surface area contributed by atoms with Crippen LogP contribution in [0.5, 0.6) is 0 Å². The molecule has 0 aliphatic heterocycles. The quantitative estimate of drug-likeness (QED) is 0.910. The summed E-state index contributed by atoms with van der Waals surface area (Å²) in [6.07, 6.45) is 0.182. The van der Waals surface area contributed by atoms with Crippen molar-refractivity contribution in [1.82, 2.24) is 0 Å². The Morgan fingerprint density at radius 1 is 1.20 bits per heavy atom. The second kappa shape index (κ2) is 6.50. The second-order valence-electron chi connectivity index (χ2n) is 4.36. The summed E-state index contributed by atoms with van der Waals surface area (Å²) in [5.74, 6) is -0.734. The summed E-state index contributed by atoms with van der Waals surface area (Å²) in [5.41, 5.74) is 7.73. The molecule has 0 heterocycles. The Bertz CT molecular complexity index is 611. The molecule has 20 heavy (non-hydrogen) atoms. The van der Waals surface area contributed by atoms with Gasteiger partial charge in [-0.2, -0.15) is 0 Å². The van der Waals surface area contributed by atoms with Crippen molar-refractivity contribution < 1.29 is 9.18 Å². The van der Waals surface area contributed by atoms with Gasteiger partial charge in [-0.25, -0.2) is 4.39 Å². The Morgan fingerprint density at radius 2 is 1.90 bits per heavy atom. The lowest BCUT2D eigenvalue weighted by atomic mass is 10.0. The van der Waals surface area contributed by atoms with Crippen LogP contribution >= 0.6 is 11.6 Å². The molecular weight excluding hydrogens is 279 g/mol. The number of amides is 1. The van der Waals surface area contributed by atoms with Gasteiger partial charge in [0.1, 0.15) is 5.82 Å². The first-order chi connectivity index (χ1) is 9.58. The third-order valence-electron chi connectivity index (χ3n) is 2.84. The van der Waals surface area contributed by atoms with E-state index in [-0.39, 0.29) is 17.4 Å². The van der Waals surface area contributed by atoms with Gasteiger partial charge in [-0.05, 0) is 29.3 Å². The van der Waals surface area contributed by atoms with Crippen molar-refractivity contribution in [2.45, 2.75) is 13.0 Å². The fourth-order valence-electron chi connectivity index (χ4n) is 1.93. The maximum Gasteiger partial charge on any atom is 0.228 e. The molecule has 0 aliphatic carbocycles. The molecule has 2 aromatic carbocycles. The van der Waals surface area contributed by atoms with Gasteiger partial charge in [0.05, 0.1) is 6.42 Å². The summed E-state index contributed by atoms with van der Waals surface area (Å²) in [4.78, 5) is 12.0. The lowest BCUT2D eigenvalue weighted by Crippen LogP contribution is -2.16. The molecule has 3 nitrogen and oxygen atoms in total. The van der Waals surface area contributed by atoms with Gasteiger partial charge in [0, 0.05) is 17.3 Å². The topological polar surface area (TPSA) is 55.1 Å². The van der Waals surface area contributed by atoms with Crippen LogP contribution in [-0.2, 0) is 17.8 Å². The number of hydrogen-bond donors (Lipinski definition) is 2. The highest BCUT2D eigenvalue weighted by atomic mass is 35.5. The third-order valence-corrected chi connectivity index (χ3v) is 3.05. The molecule has 2 rings (SSSR count). The monoisotopic (exact) mass is 292 g/mol. The van der Waals surface area contributed by atoms with E-state index in [2.05, 4.69) is 5.32 Å². The second-order valence-corrected chi connectivity index (χ2v) is 4.79. The van der Waals surface area contributed by atoms with Crippen molar-refractivity contribution in [1.29, 1.82) is 0 Å². The van der Waals surface area contributed by atoms with Crippen molar-refractivity contribution in [3.8, 4) is 0 Å². The molecule has 1 amide bonds. The molecule has 0 saturated carbocycles. The van der Waals surface area contributed by atoms with Crippen molar-refractivity contribution in [2.24, 2.45) is 5.73 Å². The van der Waals surface area contributed by atoms with Gasteiger partial charge in [0.2, 0.25) is 5.91 Å². The van der Waals surface area contributed by atoms with Crippen LogP contribution in [-0.4, -0.2) is 5.91 Å². The zero-order valence-corrected chi connectivity index (χ0v) is 11.5. The van der Waals surface area contributed by atoms with E-state index in [4.69, 9.17) is 17.3 Å². The van der Waals surface area contributed by atoms with Crippen LogP contribution in [0.1, 0.15) is 11.1 Å². The van der Waals surface area contributed by atoms with Gasteiger partial charge in [0.25, 0.3) is 0 Å². The Morgan fingerprint density at radius 3 is 2.55 bits per heavy atom. The van der Waals surface area contributed by atoms with Crippen LogP contribution < -0.4 is 11.1 Å². The first-order valence-corrected chi connectivity index (χ1v) is 6.49. The summed E-state index contributed by atoms with van der Waals surface area (Å²) in [6, 6.07) is 11.3. The van der Waals surface area contributed by atoms with Crippen molar-refractivity contribution >= 4 is 23.2 Å². The van der Waals surface area contributed by atoms with Gasteiger partial charge >= 0.3 is 0 Å². The van der Waals surface area contributed by atoms with Crippen LogP contribution in [0, 0.1) is 5.82 Å². The maximum absolute atomic E-state index is 13.2. The maximum atomic E-state index is 13.2. The molecule has 2 aromatic rings. The molecule has 0 spiro atoms. The zero-order chi connectivity index (χ0) is 14.5. The van der Waals surface area contributed by atoms with E-state index in [0.29, 0.717) is 12.2 Å². The SMILES string of the molecule is NCc1ccccc1CC(=O)Nc1cc(F)cc(Cl)c1. The van der Waals surface area contributed by atoms with E-state index in [1.165, 1.54) is 18.2 Å².